The van der Waals surface area contributed by atoms with E-state index in [1.165, 1.54) is 31.4 Å². The van der Waals surface area contributed by atoms with E-state index in [9.17, 15) is 0 Å². The molecule has 1 heterocycles. The minimum absolute atomic E-state index is 0.743. The molecule has 0 amide bonds. The van der Waals surface area contributed by atoms with Crippen LogP contribution in [0.25, 0.3) is 0 Å². The van der Waals surface area contributed by atoms with Crippen LogP contribution in [0.15, 0.2) is 24.3 Å². The van der Waals surface area contributed by atoms with E-state index in [1.54, 1.807) is 0 Å². The van der Waals surface area contributed by atoms with Gasteiger partial charge in [-0.2, -0.15) is 0 Å². The van der Waals surface area contributed by atoms with Gasteiger partial charge in [0.15, 0.2) is 0 Å². The number of likely N-dealkylation sites (tertiary alicyclic amines) is 1. The quantitative estimate of drug-likeness (QED) is 0.812. The Morgan fingerprint density at radius 1 is 1.12 bits per heavy atom. The summed E-state index contributed by atoms with van der Waals surface area (Å²) in [5.74, 6) is 0. The summed E-state index contributed by atoms with van der Waals surface area (Å²) < 4.78 is 0. The van der Waals surface area contributed by atoms with Crippen LogP contribution in [0.4, 0.5) is 5.69 Å². The highest BCUT2D eigenvalue weighted by Crippen LogP contribution is 2.22. The van der Waals surface area contributed by atoms with Gasteiger partial charge in [-0.25, -0.2) is 0 Å². The van der Waals surface area contributed by atoms with Crippen LogP contribution in [0.1, 0.15) is 38.7 Å². The molecule has 0 bridgehead atoms. The van der Waals surface area contributed by atoms with Crippen molar-refractivity contribution < 1.29 is 0 Å². The molecular weight excluding hydrogens is 208 g/mol. The SMILES string of the molecule is CC1CCCC(C)N1CCc1ccc(N)cc1. The van der Waals surface area contributed by atoms with Crippen molar-refractivity contribution in [2.24, 2.45) is 0 Å². The highest BCUT2D eigenvalue weighted by Gasteiger charge is 2.23. The highest BCUT2D eigenvalue weighted by atomic mass is 15.2. The Morgan fingerprint density at radius 2 is 1.71 bits per heavy atom. The van der Waals surface area contributed by atoms with Gasteiger partial charge in [-0.1, -0.05) is 18.6 Å². The molecule has 0 radical (unpaired) electrons. The van der Waals surface area contributed by atoms with E-state index in [0.717, 1.165) is 24.2 Å². The minimum Gasteiger partial charge on any atom is -0.399 e. The van der Waals surface area contributed by atoms with Gasteiger partial charge in [-0.3, -0.25) is 4.90 Å². The lowest BCUT2D eigenvalue weighted by atomic mass is 9.97. The molecule has 1 aromatic carbocycles. The van der Waals surface area contributed by atoms with Crippen LogP contribution >= 0.6 is 0 Å². The van der Waals surface area contributed by atoms with E-state index in [2.05, 4.69) is 30.9 Å². The van der Waals surface area contributed by atoms with E-state index in [4.69, 9.17) is 5.73 Å². The number of anilines is 1. The summed E-state index contributed by atoms with van der Waals surface area (Å²) in [5, 5.41) is 0. The van der Waals surface area contributed by atoms with Gasteiger partial charge in [0, 0.05) is 24.3 Å². The first-order valence-electron chi connectivity index (χ1n) is 6.77. The van der Waals surface area contributed by atoms with Crippen molar-refractivity contribution in [1.82, 2.24) is 4.90 Å². The Morgan fingerprint density at radius 3 is 2.29 bits per heavy atom. The van der Waals surface area contributed by atoms with E-state index in [-0.39, 0.29) is 0 Å². The smallest absolute Gasteiger partial charge is 0.0314 e. The van der Waals surface area contributed by atoms with Gasteiger partial charge in [0.25, 0.3) is 0 Å². The number of rotatable bonds is 3. The number of piperidine rings is 1. The number of hydrogen-bond acceptors (Lipinski definition) is 2. The molecule has 1 fully saturated rings. The highest BCUT2D eigenvalue weighted by molar-refractivity contribution is 5.39. The maximum Gasteiger partial charge on any atom is 0.0314 e. The number of nitrogen functional groups attached to an aromatic ring is 1. The Bertz CT molecular complexity index is 334. The number of nitrogens with zero attached hydrogens (tertiary/aromatic N) is 1. The van der Waals surface area contributed by atoms with E-state index >= 15 is 0 Å². The molecule has 1 aliphatic rings. The Kier molecular flexibility index (Phi) is 4.06. The number of nitrogens with two attached hydrogens (primary N) is 1. The summed E-state index contributed by atoms with van der Waals surface area (Å²) in [6.45, 7) is 5.89. The van der Waals surface area contributed by atoms with Crippen molar-refractivity contribution in [1.29, 1.82) is 0 Å². The van der Waals surface area contributed by atoms with Crippen LogP contribution in [0.5, 0.6) is 0 Å². The van der Waals surface area contributed by atoms with Gasteiger partial charge >= 0.3 is 0 Å². The van der Waals surface area contributed by atoms with Crippen LogP contribution < -0.4 is 5.73 Å². The first kappa shape index (κ1) is 12.4. The van der Waals surface area contributed by atoms with Gasteiger partial charge in [0.2, 0.25) is 0 Å². The average Bonchev–Trinajstić information content (AvgIpc) is 2.31. The summed E-state index contributed by atoms with van der Waals surface area (Å²) in [6, 6.07) is 9.78. The monoisotopic (exact) mass is 232 g/mol. The van der Waals surface area contributed by atoms with Crippen LogP contribution in [0.3, 0.4) is 0 Å². The topological polar surface area (TPSA) is 29.3 Å². The number of hydrogen-bond donors (Lipinski definition) is 1. The first-order chi connectivity index (χ1) is 8.16. The van der Waals surface area contributed by atoms with Gasteiger partial charge in [-0.05, 0) is 50.8 Å². The zero-order valence-corrected chi connectivity index (χ0v) is 11.0. The van der Waals surface area contributed by atoms with Crippen molar-refractivity contribution >= 4 is 5.69 Å². The second-order valence-electron chi connectivity index (χ2n) is 5.36. The molecular formula is C15H24N2. The van der Waals surface area contributed by atoms with Crippen molar-refractivity contribution in [3.05, 3.63) is 29.8 Å². The molecule has 0 saturated carbocycles. The zero-order chi connectivity index (χ0) is 12.3. The third-order valence-electron chi connectivity index (χ3n) is 4.01. The van der Waals surface area contributed by atoms with Crippen molar-refractivity contribution in [2.45, 2.75) is 51.6 Å². The lowest BCUT2D eigenvalue weighted by Gasteiger charge is -2.39. The van der Waals surface area contributed by atoms with E-state index in [1.807, 2.05) is 12.1 Å². The molecule has 0 aromatic heterocycles. The molecule has 1 aromatic rings. The molecule has 1 aliphatic heterocycles. The van der Waals surface area contributed by atoms with Gasteiger partial charge in [-0.15, -0.1) is 0 Å². The maximum absolute atomic E-state index is 5.70. The molecule has 2 N–H and O–H groups in total. The second kappa shape index (κ2) is 5.54. The summed E-state index contributed by atoms with van der Waals surface area (Å²) in [4.78, 5) is 2.65. The summed E-state index contributed by atoms with van der Waals surface area (Å²) in [5.41, 5.74) is 7.95. The first-order valence-corrected chi connectivity index (χ1v) is 6.77. The molecule has 2 atom stereocenters. The van der Waals surface area contributed by atoms with Crippen LogP contribution in [-0.4, -0.2) is 23.5 Å². The van der Waals surface area contributed by atoms with E-state index < -0.39 is 0 Å². The lowest BCUT2D eigenvalue weighted by molar-refractivity contribution is 0.105. The fourth-order valence-corrected chi connectivity index (χ4v) is 2.86. The predicted octanol–water partition coefficient (Wildman–Crippen LogP) is 3.07. The van der Waals surface area contributed by atoms with Gasteiger partial charge in [0.1, 0.15) is 0 Å². The minimum atomic E-state index is 0.743. The summed E-state index contributed by atoms with van der Waals surface area (Å²) >= 11 is 0. The van der Waals surface area contributed by atoms with Gasteiger partial charge in [0.05, 0.1) is 0 Å². The molecule has 2 rings (SSSR count). The molecule has 1 saturated heterocycles. The standard InChI is InChI=1S/C15H24N2/c1-12-4-3-5-13(2)17(12)11-10-14-6-8-15(16)9-7-14/h6-9,12-13H,3-5,10-11,16H2,1-2H3. The molecule has 2 unspecified atom stereocenters. The third kappa shape index (κ3) is 3.22. The molecule has 2 nitrogen and oxygen atoms in total. The molecule has 94 valence electrons. The Labute approximate surface area is 105 Å². The second-order valence-corrected chi connectivity index (χ2v) is 5.36. The lowest BCUT2D eigenvalue weighted by Crippen LogP contribution is -2.44. The van der Waals surface area contributed by atoms with E-state index in [0.29, 0.717) is 0 Å². The molecule has 2 heteroatoms. The molecule has 17 heavy (non-hydrogen) atoms. The van der Waals surface area contributed by atoms with Crippen molar-refractivity contribution in [2.75, 3.05) is 12.3 Å². The van der Waals surface area contributed by atoms with Crippen LogP contribution in [0.2, 0.25) is 0 Å². The van der Waals surface area contributed by atoms with Crippen molar-refractivity contribution in [3.8, 4) is 0 Å². The molecule has 0 aliphatic carbocycles. The normalized spacial score (nSPS) is 26.0. The average molecular weight is 232 g/mol. The fourth-order valence-electron chi connectivity index (χ4n) is 2.86. The Hall–Kier alpha value is -1.02. The third-order valence-corrected chi connectivity index (χ3v) is 4.01. The molecule has 0 spiro atoms. The predicted molar refractivity (Wildman–Crippen MR) is 74.0 cm³/mol. The van der Waals surface area contributed by atoms with Crippen LogP contribution in [-0.2, 0) is 6.42 Å². The maximum atomic E-state index is 5.70. The van der Waals surface area contributed by atoms with Crippen molar-refractivity contribution in [3.63, 3.8) is 0 Å². The largest absolute Gasteiger partial charge is 0.399 e. The number of benzene rings is 1. The Balaban J connectivity index is 1.90. The summed E-state index contributed by atoms with van der Waals surface area (Å²) in [6.07, 6.45) is 5.23. The summed E-state index contributed by atoms with van der Waals surface area (Å²) in [7, 11) is 0. The fraction of sp³-hybridized carbons (Fsp3) is 0.600. The zero-order valence-electron chi connectivity index (χ0n) is 11.0. The van der Waals surface area contributed by atoms with Gasteiger partial charge < -0.3 is 5.73 Å². The van der Waals surface area contributed by atoms with Crippen LogP contribution in [0, 0.1) is 0 Å².